The second kappa shape index (κ2) is 5.95. The van der Waals surface area contributed by atoms with Crippen molar-refractivity contribution in [1.82, 2.24) is 0 Å². The number of halogens is 2. The van der Waals surface area contributed by atoms with E-state index in [0.29, 0.717) is 15.7 Å². The van der Waals surface area contributed by atoms with E-state index in [-0.39, 0.29) is 4.90 Å². The first-order chi connectivity index (χ1) is 9.42. The summed E-state index contributed by atoms with van der Waals surface area (Å²) in [6, 6.07) is 12.8. The van der Waals surface area contributed by atoms with Crippen molar-refractivity contribution >= 4 is 47.6 Å². The van der Waals surface area contributed by atoms with Gasteiger partial charge < -0.3 is 0 Å². The first-order valence-electron chi connectivity index (χ1n) is 5.40. The number of nitriles is 1. The molecule has 20 heavy (non-hydrogen) atoms. The molecule has 0 saturated heterocycles. The van der Waals surface area contributed by atoms with Crippen molar-refractivity contribution in [2.45, 2.75) is 4.90 Å². The quantitative estimate of drug-likeness (QED) is 0.826. The Balaban J connectivity index is 2.33. The van der Waals surface area contributed by atoms with Crippen LogP contribution in [0.5, 0.6) is 0 Å². The van der Waals surface area contributed by atoms with E-state index in [0.717, 1.165) is 4.47 Å². The summed E-state index contributed by atoms with van der Waals surface area (Å²) in [6.45, 7) is 0. The van der Waals surface area contributed by atoms with Crippen LogP contribution in [0.2, 0.25) is 0 Å². The molecule has 0 unspecified atom stereocenters. The molecule has 4 nitrogen and oxygen atoms in total. The highest BCUT2D eigenvalue weighted by Gasteiger charge is 2.15. The summed E-state index contributed by atoms with van der Waals surface area (Å²) in [5.74, 6) is 0. The molecule has 7 heteroatoms. The minimum Gasteiger partial charge on any atom is -0.278 e. The van der Waals surface area contributed by atoms with Crippen LogP contribution in [0.1, 0.15) is 5.56 Å². The second-order valence-corrected chi connectivity index (χ2v) is 7.32. The van der Waals surface area contributed by atoms with Gasteiger partial charge in [0.2, 0.25) is 0 Å². The van der Waals surface area contributed by atoms with Gasteiger partial charge in [-0.1, -0.05) is 15.9 Å². The summed E-state index contributed by atoms with van der Waals surface area (Å²) in [5, 5.41) is 8.70. The highest BCUT2D eigenvalue weighted by molar-refractivity contribution is 9.11. The summed E-state index contributed by atoms with van der Waals surface area (Å²) in [4.78, 5) is 0.103. The number of benzene rings is 2. The monoisotopic (exact) mass is 414 g/mol. The Bertz CT molecular complexity index is 781. The van der Waals surface area contributed by atoms with E-state index in [1.807, 2.05) is 6.07 Å². The molecule has 0 aromatic heterocycles. The maximum atomic E-state index is 12.2. The predicted octanol–water partition coefficient (Wildman–Crippen LogP) is 3.88. The van der Waals surface area contributed by atoms with E-state index < -0.39 is 10.0 Å². The Morgan fingerprint density at radius 1 is 1.05 bits per heavy atom. The number of rotatable bonds is 3. The van der Waals surface area contributed by atoms with Crippen LogP contribution in [0.3, 0.4) is 0 Å². The van der Waals surface area contributed by atoms with Crippen LogP contribution in [0.4, 0.5) is 5.69 Å². The molecule has 0 amide bonds. The van der Waals surface area contributed by atoms with Crippen LogP contribution in [0.25, 0.3) is 0 Å². The van der Waals surface area contributed by atoms with Gasteiger partial charge in [0.15, 0.2) is 0 Å². The van der Waals surface area contributed by atoms with Gasteiger partial charge in [-0.15, -0.1) is 0 Å². The fourth-order valence-corrected chi connectivity index (χ4v) is 3.84. The maximum Gasteiger partial charge on any atom is 0.261 e. The van der Waals surface area contributed by atoms with Crippen molar-refractivity contribution in [2.24, 2.45) is 0 Å². The van der Waals surface area contributed by atoms with Gasteiger partial charge >= 0.3 is 0 Å². The van der Waals surface area contributed by atoms with E-state index in [1.54, 1.807) is 18.2 Å². The van der Waals surface area contributed by atoms with E-state index in [2.05, 4.69) is 36.6 Å². The number of hydrogen-bond acceptors (Lipinski definition) is 3. The minimum atomic E-state index is -3.68. The number of anilines is 1. The summed E-state index contributed by atoms with van der Waals surface area (Å²) in [5.41, 5.74) is 0.853. The molecule has 0 saturated carbocycles. The van der Waals surface area contributed by atoms with Gasteiger partial charge in [-0.2, -0.15) is 5.26 Å². The third kappa shape index (κ3) is 3.39. The third-order valence-electron chi connectivity index (χ3n) is 2.47. The van der Waals surface area contributed by atoms with Gasteiger partial charge in [-0.05, 0) is 58.4 Å². The van der Waals surface area contributed by atoms with Crippen LogP contribution >= 0.6 is 31.9 Å². The van der Waals surface area contributed by atoms with Crippen LogP contribution in [0, 0.1) is 11.3 Å². The third-order valence-corrected chi connectivity index (χ3v) is 5.00. The first-order valence-corrected chi connectivity index (χ1v) is 8.47. The molecule has 0 radical (unpaired) electrons. The molecule has 2 rings (SSSR count). The van der Waals surface area contributed by atoms with E-state index in [1.165, 1.54) is 24.3 Å². The molecule has 0 aliphatic rings. The normalized spacial score (nSPS) is 10.8. The summed E-state index contributed by atoms with van der Waals surface area (Å²) in [7, 11) is -3.68. The highest BCUT2D eigenvalue weighted by atomic mass is 79.9. The summed E-state index contributed by atoms with van der Waals surface area (Å²) < 4.78 is 28.4. The fraction of sp³-hybridized carbons (Fsp3) is 0. The van der Waals surface area contributed by atoms with Crippen LogP contribution < -0.4 is 4.72 Å². The lowest BCUT2D eigenvalue weighted by atomic mass is 10.2. The molecular formula is C13H8Br2N2O2S. The van der Waals surface area contributed by atoms with Crippen LogP contribution in [-0.4, -0.2) is 8.42 Å². The number of hydrogen-bond donors (Lipinski definition) is 1. The molecule has 0 atom stereocenters. The van der Waals surface area contributed by atoms with E-state index in [9.17, 15) is 8.42 Å². The molecule has 0 spiro atoms. The highest BCUT2D eigenvalue weighted by Crippen LogP contribution is 2.28. The lowest BCUT2D eigenvalue weighted by molar-refractivity contribution is 0.601. The molecule has 2 aromatic carbocycles. The Morgan fingerprint density at radius 2 is 1.70 bits per heavy atom. The maximum absolute atomic E-state index is 12.2. The molecule has 0 aliphatic carbocycles. The van der Waals surface area contributed by atoms with Crippen LogP contribution in [-0.2, 0) is 10.0 Å². The van der Waals surface area contributed by atoms with Gasteiger partial charge in [0.25, 0.3) is 10.0 Å². The van der Waals surface area contributed by atoms with Gasteiger partial charge in [0.05, 0.1) is 22.2 Å². The molecular weight excluding hydrogens is 408 g/mol. The van der Waals surface area contributed by atoms with Gasteiger partial charge in [-0.25, -0.2) is 8.42 Å². The zero-order chi connectivity index (χ0) is 14.8. The van der Waals surface area contributed by atoms with Gasteiger partial charge in [0.1, 0.15) is 0 Å². The van der Waals surface area contributed by atoms with Crippen molar-refractivity contribution in [1.29, 1.82) is 5.26 Å². The van der Waals surface area contributed by atoms with Crippen molar-refractivity contribution in [3.8, 4) is 6.07 Å². The number of sulfonamides is 1. The van der Waals surface area contributed by atoms with E-state index >= 15 is 0 Å². The Hall–Kier alpha value is -1.36. The zero-order valence-corrected chi connectivity index (χ0v) is 14.0. The molecule has 0 bridgehead atoms. The standard InChI is InChI=1S/C13H8Br2N2O2S/c14-10-3-6-13(12(15)7-10)17-20(18,19)11-4-1-9(8-16)2-5-11/h1-7,17H. The van der Waals surface area contributed by atoms with E-state index in [4.69, 9.17) is 5.26 Å². The van der Waals surface area contributed by atoms with Crippen molar-refractivity contribution in [3.63, 3.8) is 0 Å². The number of nitrogens with one attached hydrogen (secondary N) is 1. The summed E-state index contributed by atoms with van der Waals surface area (Å²) in [6.07, 6.45) is 0. The molecule has 0 heterocycles. The predicted molar refractivity (Wildman–Crippen MR) is 83.8 cm³/mol. The first kappa shape index (κ1) is 15.0. The summed E-state index contributed by atoms with van der Waals surface area (Å²) >= 11 is 6.59. The molecule has 0 fully saturated rings. The Labute approximate surface area is 133 Å². The average molecular weight is 416 g/mol. The second-order valence-electron chi connectivity index (χ2n) is 3.87. The fourth-order valence-electron chi connectivity index (χ4n) is 1.48. The largest absolute Gasteiger partial charge is 0.278 e. The van der Waals surface area contributed by atoms with Gasteiger partial charge in [0, 0.05) is 8.95 Å². The molecule has 0 aliphatic heterocycles. The Morgan fingerprint density at radius 3 is 2.25 bits per heavy atom. The van der Waals surface area contributed by atoms with Gasteiger partial charge in [-0.3, -0.25) is 4.72 Å². The smallest absolute Gasteiger partial charge is 0.261 e. The van der Waals surface area contributed by atoms with Crippen molar-refractivity contribution < 1.29 is 8.42 Å². The molecule has 2 aromatic rings. The van der Waals surface area contributed by atoms with Crippen molar-refractivity contribution in [2.75, 3.05) is 4.72 Å². The SMILES string of the molecule is N#Cc1ccc(S(=O)(=O)Nc2ccc(Br)cc2Br)cc1. The van der Waals surface area contributed by atoms with Crippen LogP contribution in [0.15, 0.2) is 56.3 Å². The van der Waals surface area contributed by atoms with Crippen molar-refractivity contribution in [3.05, 3.63) is 57.0 Å². The Kier molecular flexibility index (Phi) is 4.48. The average Bonchev–Trinajstić information content (AvgIpc) is 2.42. The molecule has 1 N–H and O–H groups in total. The number of nitrogens with zero attached hydrogens (tertiary/aromatic N) is 1. The molecule has 102 valence electrons. The zero-order valence-electron chi connectivity index (χ0n) is 9.97. The minimum absolute atomic E-state index is 0.103. The lowest BCUT2D eigenvalue weighted by Crippen LogP contribution is -2.13. The lowest BCUT2D eigenvalue weighted by Gasteiger charge is -2.10. The topological polar surface area (TPSA) is 70.0 Å².